The minimum absolute atomic E-state index is 0.149. The third-order valence-electron chi connectivity index (χ3n) is 4.64. The van der Waals surface area contributed by atoms with Gasteiger partial charge in [0, 0.05) is 18.4 Å². The average molecular weight is 259 g/mol. The van der Waals surface area contributed by atoms with E-state index in [0.29, 0.717) is 18.1 Å². The van der Waals surface area contributed by atoms with Crippen LogP contribution in [0, 0.1) is 11.3 Å². The van der Waals surface area contributed by atoms with Gasteiger partial charge in [0.2, 0.25) is 0 Å². The zero-order valence-corrected chi connectivity index (χ0v) is 12.3. The van der Waals surface area contributed by atoms with Crippen LogP contribution in [0.1, 0.15) is 38.3 Å². The van der Waals surface area contributed by atoms with Crippen molar-refractivity contribution in [1.82, 2.24) is 5.32 Å². The Balaban J connectivity index is 2.10. The Morgan fingerprint density at radius 1 is 1.26 bits per heavy atom. The molecular formula is C17H25NO. The standard InChI is InChI=1S/C17H25NO/c1-4-14-5-7-15(8-6-14)11-16(19)17(13(2)3)9-10-18-12-17/h5-8,13,18H,4,9-12H2,1-3H3. The van der Waals surface area contributed by atoms with Crippen molar-refractivity contribution in [3.63, 3.8) is 0 Å². The smallest absolute Gasteiger partial charge is 0.144 e. The monoisotopic (exact) mass is 259 g/mol. The maximum absolute atomic E-state index is 12.7. The van der Waals surface area contributed by atoms with Crippen LogP contribution in [0.25, 0.3) is 0 Å². The van der Waals surface area contributed by atoms with Gasteiger partial charge < -0.3 is 5.32 Å². The van der Waals surface area contributed by atoms with Crippen LogP contribution in [0.5, 0.6) is 0 Å². The first kappa shape index (κ1) is 14.3. The molecule has 2 rings (SSSR count). The van der Waals surface area contributed by atoms with Gasteiger partial charge in [0.1, 0.15) is 5.78 Å². The van der Waals surface area contributed by atoms with Crippen molar-refractivity contribution in [2.45, 2.75) is 40.0 Å². The van der Waals surface area contributed by atoms with Crippen molar-refractivity contribution in [3.05, 3.63) is 35.4 Å². The van der Waals surface area contributed by atoms with E-state index >= 15 is 0 Å². The van der Waals surface area contributed by atoms with Gasteiger partial charge in [-0.05, 0) is 36.4 Å². The summed E-state index contributed by atoms with van der Waals surface area (Å²) < 4.78 is 0. The number of benzene rings is 1. The third kappa shape index (κ3) is 2.89. The molecule has 1 saturated heterocycles. The molecule has 19 heavy (non-hydrogen) atoms. The fourth-order valence-electron chi connectivity index (χ4n) is 3.02. The summed E-state index contributed by atoms with van der Waals surface area (Å²) in [4.78, 5) is 12.7. The van der Waals surface area contributed by atoms with Crippen LogP contribution in [0.4, 0.5) is 0 Å². The lowest BCUT2D eigenvalue weighted by Gasteiger charge is -2.31. The molecule has 1 aliphatic heterocycles. The second-order valence-electron chi connectivity index (χ2n) is 6.01. The van der Waals surface area contributed by atoms with E-state index in [-0.39, 0.29) is 5.41 Å². The quantitative estimate of drug-likeness (QED) is 0.880. The summed E-state index contributed by atoms with van der Waals surface area (Å²) in [5, 5.41) is 3.36. The molecule has 0 bridgehead atoms. The molecule has 0 radical (unpaired) electrons. The Labute approximate surface area is 116 Å². The number of rotatable bonds is 5. The molecule has 0 saturated carbocycles. The van der Waals surface area contributed by atoms with E-state index in [1.807, 2.05) is 0 Å². The molecule has 1 aromatic rings. The van der Waals surface area contributed by atoms with Crippen LogP contribution in [-0.4, -0.2) is 18.9 Å². The van der Waals surface area contributed by atoms with E-state index < -0.39 is 0 Å². The van der Waals surface area contributed by atoms with Crippen LogP contribution < -0.4 is 5.32 Å². The van der Waals surface area contributed by atoms with E-state index in [1.165, 1.54) is 5.56 Å². The number of carbonyl (C=O) groups is 1. The molecule has 1 heterocycles. The highest BCUT2D eigenvalue weighted by Gasteiger charge is 2.42. The summed E-state index contributed by atoms with van der Waals surface area (Å²) >= 11 is 0. The first-order chi connectivity index (χ1) is 9.08. The van der Waals surface area contributed by atoms with Crippen molar-refractivity contribution < 1.29 is 4.79 Å². The molecule has 2 nitrogen and oxygen atoms in total. The SMILES string of the molecule is CCc1ccc(CC(=O)C2(C(C)C)CCNC2)cc1. The van der Waals surface area contributed by atoms with Crippen LogP contribution in [0.3, 0.4) is 0 Å². The van der Waals surface area contributed by atoms with Crippen LogP contribution in [0.2, 0.25) is 0 Å². The lowest BCUT2D eigenvalue weighted by molar-refractivity contribution is -0.129. The third-order valence-corrected chi connectivity index (χ3v) is 4.64. The van der Waals surface area contributed by atoms with Crippen LogP contribution in [0.15, 0.2) is 24.3 Å². The van der Waals surface area contributed by atoms with Gasteiger partial charge in [-0.3, -0.25) is 4.79 Å². The van der Waals surface area contributed by atoms with E-state index in [4.69, 9.17) is 0 Å². The molecule has 0 aromatic heterocycles. The molecule has 104 valence electrons. The summed E-state index contributed by atoms with van der Waals surface area (Å²) in [6.45, 7) is 8.31. The maximum atomic E-state index is 12.7. The molecule has 2 heteroatoms. The van der Waals surface area contributed by atoms with Gasteiger partial charge in [0.05, 0.1) is 0 Å². The van der Waals surface area contributed by atoms with Crippen LogP contribution >= 0.6 is 0 Å². The number of nitrogens with one attached hydrogen (secondary N) is 1. The molecule has 0 amide bonds. The summed E-state index contributed by atoms with van der Waals surface area (Å²) in [5.41, 5.74) is 2.33. The lowest BCUT2D eigenvalue weighted by Crippen LogP contribution is -2.39. The number of hydrogen-bond acceptors (Lipinski definition) is 2. The summed E-state index contributed by atoms with van der Waals surface area (Å²) in [7, 11) is 0. The van der Waals surface area contributed by atoms with Gasteiger partial charge in [-0.15, -0.1) is 0 Å². The van der Waals surface area contributed by atoms with Gasteiger partial charge >= 0.3 is 0 Å². The normalized spacial score (nSPS) is 22.9. The van der Waals surface area contributed by atoms with Gasteiger partial charge in [0.25, 0.3) is 0 Å². The van der Waals surface area contributed by atoms with E-state index in [0.717, 1.165) is 31.5 Å². The van der Waals surface area contributed by atoms with E-state index in [1.54, 1.807) is 0 Å². The summed E-state index contributed by atoms with van der Waals surface area (Å²) in [6.07, 6.45) is 2.61. The van der Waals surface area contributed by atoms with Crippen molar-refractivity contribution in [3.8, 4) is 0 Å². The minimum atomic E-state index is -0.149. The predicted octanol–water partition coefficient (Wildman–Crippen LogP) is 3.00. The highest BCUT2D eigenvalue weighted by Crippen LogP contribution is 2.36. The highest BCUT2D eigenvalue weighted by atomic mass is 16.1. The van der Waals surface area contributed by atoms with Gasteiger partial charge in [-0.25, -0.2) is 0 Å². The van der Waals surface area contributed by atoms with E-state index in [9.17, 15) is 4.79 Å². The second-order valence-corrected chi connectivity index (χ2v) is 6.01. The Bertz CT molecular complexity index is 427. The number of ketones is 1. The zero-order valence-electron chi connectivity index (χ0n) is 12.3. The minimum Gasteiger partial charge on any atom is -0.316 e. The number of hydrogen-bond donors (Lipinski definition) is 1. The number of aryl methyl sites for hydroxylation is 1. The first-order valence-electron chi connectivity index (χ1n) is 7.40. The predicted molar refractivity (Wildman–Crippen MR) is 79.3 cm³/mol. The largest absolute Gasteiger partial charge is 0.316 e. The van der Waals surface area contributed by atoms with Crippen molar-refractivity contribution in [2.75, 3.05) is 13.1 Å². The molecule has 1 aromatic carbocycles. The second kappa shape index (κ2) is 5.87. The molecule has 1 N–H and O–H groups in total. The average Bonchev–Trinajstić information content (AvgIpc) is 2.90. The van der Waals surface area contributed by atoms with Gasteiger partial charge in [-0.1, -0.05) is 45.0 Å². The van der Waals surface area contributed by atoms with Gasteiger partial charge in [-0.2, -0.15) is 0 Å². The maximum Gasteiger partial charge on any atom is 0.144 e. The Hall–Kier alpha value is -1.15. The van der Waals surface area contributed by atoms with Crippen LogP contribution in [-0.2, 0) is 17.6 Å². The molecule has 1 unspecified atom stereocenters. The molecule has 1 atom stereocenters. The lowest BCUT2D eigenvalue weighted by atomic mass is 9.71. The number of Topliss-reactive ketones (excluding diaryl/α,β-unsaturated/α-hetero) is 1. The van der Waals surface area contributed by atoms with Crippen molar-refractivity contribution in [2.24, 2.45) is 11.3 Å². The fraction of sp³-hybridized carbons (Fsp3) is 0.588. The Kier molecular flexibility index (Phi) is 4.41. The molecule has 0 aliphatic carbocycles. The van der Waals surface area contributed by atoms with E-state index in [2.05, 4.69) is 50.4 Å². The topological polar surface area (TPSA) is 29.1 Å². The molecular weight excluding hydrogens is 234 g/mol. The summed E-state index contributed by atoms with van der Waals surface area (Å²) in [5.74, 6) is 0.807. The number of carbonyl (C=O) groups excluding carboxylic acids is 1. The molecule has 1 aliphatic rings. The van der Waals surface area contributed by atoms with Gasteiger partial charge in [0.15, 0.2) is 0 Å². The van der Waals surface area contributed by atoms with Crippen molar-refractivity contribution in [1.29, 1.82) is 0 Å². The highest BCUT2D eigenvalue weighted by molar-refractivity contribution is 5.87. The first-order valence-corrected chi connectivity index (χ1v) is 7.40. The van der Waals surface area contributed by atoms with Crippen molar-refractivity contribution >= 4 is 5.78 Å². The zero-order chi connectivity index (χ0) is 13.9. The summed E-state index contributed by atoms with van der Waals surface area (Å²) in [6, 6.07) is 8.48. The molecule has 1 fully saturated rings. The Morgan fingerprint density at radius 3 is 2.37 bits per heavy atom. The fourth-order valence-corrected chi connectivity index (χ4v) is 3.02. The Morgan fingerprint density at radius 2 is 1.89 bits per heavy atom. The molecule has 0 spiro atoms.